The van der Waals surface area contributed by atoms with Crippen molar-refractivity contribution in [2.45, 2.75) is 0 Å². The Morgan fingerprint density at radius 2 is 2.27 bits per heavy atom. The smallest absolute Gasteiger partial charge is 0.239 e. The third-order valence-electron chi connectivity index (χ3n) is 1.97. The Balaban J connectivity index is 2.66. The fourth-order valence-electron chi connectivity index (χ4n) is 1.09. The molecular weight excluding hydrogens is 194 g/mol. The fourth-order valence-corrected chi connectivity index (χ4v) is 1.09. The number of benzene rings is 1. The van der Waals surface area contributed by atoms with Gasteiger partial charge in [-0.15, -0.1) is 0 Å². The summed E-state index contributed by atoms with van der Waals surface area (Å²) in [6.07, 6.45) is 0. The van der Waals surface area contributed by atoms with Crippen LogP contribution in [0.5, 0.6) is 5.75 Å². The number of nitrogens with one attached hydrogen (secondary N) is 2. The Morgan fingerprint density at radius 1 is 1.53 bits per heavy atom. The summed E-state index contributed by atoms with van der Waals surface area (Å²) >= 11 is 0. The minimum absolute atomic E-state index is 0.0780. The van der Waals surface area contributed by atoms with Crippen LogP contribution >= 0.6 is 0 Å². The van der Waals surface area contributed by atoms with Crippen molar-refractivity contribution in [3.63, 3.8) is 0 Å². The van der Waals surface area contributed by atoms with E-state index in [1.165, 1.54) is 0 Å². The second kappa shape index (κ2) is 5.09. The number of hydrogen-bond acceptors (Lipinski definition) is 4. The van der Waals surface area contributed by atoms with Gasteiger partial charge in [-0.3, -0.25) is 4.79 Å². The van der Waals surface area contributed by atoms with Crippen LogP contribution in [0.4, 0.5) is 11.4 Å². The lowest BCUT2D eigenvalue weighted by atomic mass is 10.2. The van der Waals surface area contributed by atoms with E-state index in [9.17, 15) is 4.79 Å². The van der Waals surface area contributed by atoms with Gasteiger partial charge in [0.15, 0.2) is 0 Å². The SMILES string of the molecule is CNC(=O)CNc1ccc(N)c(OC)c1. The molecule has 5 heteroatoms. The molecule has 0 radical (unpaired) electrons. The van der Waals surface area contributed by atoms with Gasteiger partial charge in [0.25, 0.3) is 0 Å². The molecule has 1 aromatic rings. The molecule has 5 nitrogen and oxygen atoms in total. The molecule has 0 saturated carbocycles. The predicted octanol–water partition coefficient (Wildman–Crippen LogP) is 0.435. The number of carbonyl (C=O) groups excluding carboxylic acids is 1. The van der Waals surface area contributed by atoms with Gasteiger partial charge < -0.3 is 21.1 Å². The molecule has 0 aliphatic carbocycles. The van der Waals surface area contributed by atoms with Crippen LogP contribution in [-0.4, -0.2) is 26.6 Å². The van der Waals surface area contributed by atoms with Crippen molar-refractivity contribution in [2.24, 2.45) is 0 Å². The zero-order valence-electron chi connectivity index (χ0n) is 8.83. The van der Waals surface area contributed by atoms with E-state index in [2.05, 4.69) is 10.6 Å². The molecule has 1 amide bonds. The lowest BCUT2D eigenvalue weighted by Crippen LogP contribution is -2.26. The number of likely N-dealkylation sites (N-methyl/N-ethyl adjacent to an activating group) is 1. The van der Waals surface area contributed by atoms with E-state index in [0.29, 0.717) is 11.4 Å². The summed E-state index contributed by atoms with van der Waals surface area (Å²) < 4.78 is 5.05. The Bertz CT molecular complexity index is 353. The van der Waals surface area contributed by atoms with Gasteiger partial charge in [0, 0.05) is 18.8 Å². The molecule has 0 aliphatic heterocycles. The van der Waals surface area contributed by atoms with E-state index in [1.807, 2.05) is 0 Å². The van der Waals surface area contributed by atoms with E-state index in [0.717, 1.165) is 5.69 Å². The van der Waals surface area contributed by atoms with Crippen molar-refractivity contribution in [3.05, 3.63) is 18.2 Å². The molecule has 0 spiro atoms. The topological polar surface area (TPSA) is 76.4 Å². The number of rotatable bonds is 4. The highest BCUT2D eigenvalue weighted by atomic mass is 16.5. The standard InChI is InChI=1S/C10H15N3O2/c1-12-10(14)6-13-7-3-4-8(11)9(5-7)15-2/h3-5,13H,6,11H2,1-2H3,(H,12,14). The largest absolute Gasteiger partial charge is 0.495 e. The quantitative estimate of drug-likeness (QED) is 0.629. The van der Waals surface area contributed by atoms with Crippen LogP contribution in [0.15, 0.2) is 18.2 Å². The van der Waals surface area contributed by atoms with E-state index >= 15 is 0 Å². The molecule has 0 unspecified atom stereocenters. The van der Waals surface area contributed by atoms with Crippen molar-refractivity contribution in [3.8, 4) is 5.75 Å². The van der Waals surface area contributed by atoms with Gasteiger partial charge >= 0.3 is 0 Å². The second-order valence-electron chi connectivity index (χ2n) is 2.98. The van der Waals surface area contributed by atoms with Crippen LogP contribution in [0.3, 0.4) is 0 Å². The van der Waals surface area contributed by atoms with Gasteiger partial charge in [0.1, 0.15) is 5.75 Å². The third kappa shape index (κ3) is 3.05. The average molecular weight is 209 g/mol. The summed E-state index contributed by atoms with van der Waals surface area (Å²) in [4.78, 5) is 11.0. The molecule has 0 heterocycles. The minimum atomic E-state index is -0.0780. The summed E-state index contributed by atoms with van der Waals surface area (Å²) in [6, 6.07) is 5.27. The Labute approximate surface area is 88.6 Å². The normalized spacial score (nSPS) is 9.47. The lowest BCUT2D eigenvalue weighted by Gasteiger charge is -2.09. The number of ether oxygens (including phenoxy) is 1. The number of hydrogen-bond donors (Lipinski definition) is 3. The van der Waals surface area contributed by atoms with Gasteiger partial charge in [0.2, 0.25) is 5.91 Å². The summed E-state index contributed by atoms with van der Waals surface area (Å²) in [7, 11) is 3.14. The van der Waals surface area contributed by atoms with Crippen LogP contribution in [0.2, 0.25) is 0 Å². The second-order valence-corrected chi connectivity index (χ2v) is 2.98. The van der Waals surface area contributed by atoms with E-state index in [-0.39, 0.29) is 12.5 Å². The van der Waals surface area contributed by atoms with Gasteiger partial charge in [-0.1, -0.05) is 0 Å². The number of carbonyl (C=O) groups is 1. The van der Waals surface area contributed by atoms with E-state index in [4.69, 9.17) is 10.5 Å². The molecule has 0 bridgehead atoms. The first-order chi connectivity index (χ1) is 7.17. The zero-order chi connectivity index (χ0) is 11.3. The van der Waals surface area contributed by atoms with Crippen molar-refractivity contribution in [2.75, 3.05) is 31.8 Å². The highest BCUT2D eigenvalue weighted by Gasteiger charge is 2.02. The molecule has 0 aliphatic rings. The van der Waals surface area contributed by atoms with Crippen LogP contribution < -0.4 is 21.1 Å². The maximum Gasteiger partial charge on any atom is 0.239 e. The number of anilines is 2. The minimum Gasteiger partial charge on any atom is -0.495 e. The van der Waals surface area contributed by atoms with Crippen LogP contribution in [0.25, 0.3) is 0 Å². The molecule has 1 aromatic carbocycles. The molecule has 0 atom stereocenters. The predicted molar refractivity (Wildman–Crippen MR) is 60.0 cm³/mol. The van der Waals surface area contributed by atoms with Crippen molar-refractivity contribution < 1.29 is 9.53 Å². The van der Waals surface area contributed by atoms with Crippen molar-refractivity contribution in [1.82, 2.24) is 5.32 Å². The maximum atomic E-state index is 11.0. The number of amides is 1. The van der Waals surface area contributed by atoms with Crippen molar-refractivity contribution in [1.29, 1.82) is 0 Å². The van der Waals surface area contributed by atoms with E-state index < -0.39 is 0 Å². The Morgan fingerprint density at radius 3 is 2.87 bits per heavy atom. The summed E-state index contributed by atoms with van der Waals surface area (Å²) in [6.45, 7) is 0.226. The van der Waals surface area contributed by atoms with Crippen molar-refractivity contribution >= 4 is 17.3 Å². The number of nitrogen functional groups attached to an aromatic ring is 1. The van der Waals surface area contributed by atoms with Crippen LogP contribution in [0, 0.1) is 0 Å². The monoisotopic (exact) mass is 209 g/mol. The van der Waals surface area contributed by atoms with Gasteiger partial charge in [-0.2, -0.15) is 0 Å². The van der Waals surface area contributed by atoms with Gasteiger partial charge in [0.05, 0.1) is 19.3 Å². The first-order valence-electron chi connectivity index (χ1n) is 4.55. The molecule has 4 N–H and O–H groups in total. The summed E-state index contributed by atoms with van der Waals surface area (Å²) in [5.74, 6) is 0.516. The molecule has 82 valence electrons. The molecule has 0 fully saturated rings. The molecular formula is C10H15N3O2. The molecule has 1 rings (SSSR count). The summed E-state index contributed by atoms with van der Waals surface area (Å²) in [5.41, 5.74) is 7.02. The zero-order valence-corrected chi connectivity index (χ0v) is 8.83. The molecule has 0 saturated heterocycles. The highest BCUT2D eigenvalue weighted by molar-refractivity contribution is 5.80. The Kier molecular flexibility index (Phi) is 3.79. The number of nitrogens with two attached hydrogens (primary N) is 1. The third-order valence-corrected chi connectivity index (χ3v) is 1.97. The first-order valence-corrected chi connectivity index (χ1v) is 4.55. The highest BCUT2D eigenvalue weighted by Crippen LogP contribution is 2.24. The van der Waals surface area contributed by atoms with Crippen LogP contribution in [0.1, 0.15) is 0 Å². The number of methoxy groups -OCH3 is 1. The Hall–Kier alpha value is -1.91. The van der Waals surface area contributed by atoms with Crippen LogP contribution in [-0.2, 0) is 4.79 Å². The summed E-state index contributed by atoms with van der Waals surface area (Å²) in [5, 5.41) is 5.47. The van der Waals surface area contributed by atoms with Gasteiger partial charge in [-0.25, -0.2) is 0 Å². The van der Waals surface area contributed by atoms with Gasteiger partial charge in [-0.05, 0) is 12.1 Å². The first kappa shape index (κ1) is 11.2. The average Bonchev–Trinajstić information content (AvgIpc) is 2.27. The molecule has 15 heavy (non-hydrogen) atoms. The molecule has 0 aromatic heterocycles. The van der Waals surface area contributed by atoms with E-state index in [1.54, 1.807) is 32.4 Å². The lowest BCUT2D eigenvalue weighted by molar-refractivity contribution is -0.118. The maximum absolute atomic E-state index is 11.0. The fraction of sp³-hybridized carbons (Fsp3) is 0.300.